The first-order chi connectivity index (χ1) is 15.9. The second-order valence-electron chi connectivity index (χ2n) is 7.79. The highest BCUT2D eigenvalue weighted by Crippen LogP contribution is 2.31. The number of hydrazine groups is 1. The smallest absolute Gasteiger partial charge is 0.305 e. The Morgan fingerprint density at radius 1 is 1.30 bits per heavy atom. The SMILES string of the molecule is CCCN(c1cc(NCc2ccccc2)c2ncn(C(C)C)c2c1)/[N+]([O-])=N/OCOC(C)=O. The van der Waals surface area contributed by atoms with E-state index in [-0.39, 0.29) is 6.04 Å². The maximum Gasteiger partial charge on any atom is 0.305 e. The van der Waals surface area contributed by atoms with Crippen molar-refractivity contribution in [1.82, 2.24) is 9.55 Å². The van der Waals surface area contributed by atoms with E-state index in [1.54, 1.807) is 6.33 Å². The third-order valence-electron chi connectivity index (χ3n) is 4.93. The number of benzene rings is 2. The highest BCUT2D eigenvalue weighted by atomic mass is 16.8. The van der Waals surface area contributed by atoms with Gasteiger partial charge in [0, 0.05) is 19.5 Å². The number of anilines is 2. The van der Waals surface area contributed by atoms with Crippen molar-refractivity contribution in [2.24, 2.45) is 5.28 Å². The summed E-state index contributed by atoms with van der Waals surface area (Å²) in [6.07, 6.45) is 2.50. The van der Waals surface area contributed by atoms with Crippen molar-refractivity contribution in [1.29, 1.82) is 0 Å². The van der Waals surface area contributed by atoms with Crippen LogP contribution in [0.1, 0.15) is 45.7 Å². The number of esters is 1. The minimum absolute atomic E-state index is 0.187. The average molecular weight is 455 g/mol. The number of carbonyl (C=O) groups is 1. The summed E-state index contributed by atoms with van der Waals surface area (Å²) >= 11 is 0. The fraction of sp³-hybridized carbons (Fsp3) is 0.391. The summed E-state index contributed by atoms with van der Waals surface area (Å²) in [6, 6.07) is 14.0. The van der Waals surface area contributed by atoms with E-state index in [0.717, 1.165) is 22.3 Å². The lowest BCUT2D eigenvalue weighted by atomic mass is 10.2. The largest absolute Gasteiger partial charge is 0.569 e. The molecule has 0 amide bonds. The van der Waals surface area contributed by atoms with Crippen molar-refractivity contribution in [2.75, 3.05) is 23.7 Å². The number of ether oxygens (including phenoxy) is 1. The molecule has 0 atom stereocenters. The monoisotopic (exact) mass is 454 g/mol. The Balaban J connectivity index is 1.97. The third-order valence-corrected chi connectivity index (χ3v) is 4.93. The molecule has 0 radical (unpaired) electrons. The number of aromatic nitrogens is 2. The van der Waals surface area contributed by atoms with Gasteiger partial charge in [-0.25, -0.2) is 4.98 Å². The number of imidazole rings is 1. The van der Waals surface area contributed by atoms with Gasteiger partial charge in [0.15, 0.2) is 0 Å². The molecule has 1 N–H and O–H groups in total. The standard InChI is InChI=1S/C23H30N6O4/c1-5-11-28(29(31)26-33-16-32-18(4)30)20-12-21(24-14-19-9-7-6-8-10-19)23-22(13-20)27(15-25-23)17(2)3/h6-10,12-13,15,17,24H,5,11,14,16H2,1-4H3/b29-26-. The van der Waals surface area contributed by atoms with Crippen LogP contribution in [0.5, 0.6) is 0 Å². The van der Waals surface area contributed by atoms with Gasteiger partial charge in [-0.3, -0.25) is 4.79 Å². The van der Waals surface area contributed by atoms with Crippen molar-refractivity contribution in [3.05, 3.63) is 59.6 Å². The van der Waals surface area contributed by atoms with Crippen molar-refractivity contribution >= 4 is 28.4 Å². The Hall–Kier alpha value is -3.82. The number of fused-ring (bicyclic) bond motifs is 1. The average Bonchev–Trinajstić information content (AvgIpc) is 3.23. The molecule has 1 aromatic heterocycles. The van der Waals surface area contributed by atoms with Crippen molar-refractivity contribution in [3.63, 3.8) is 0 Å². The lowest BCUT2D eigenvalue weighted by Gasteiger charge is -2.19. The summed E-state index contributed by atoms with van der Waals surface area (Å²) in [4.78, 5) is 20.7. The van der Waals surface area contributed by atoms with Crippen LogP contribution in [0.15, 0.2) is 54.1 Å². The van der Waals surface area contributed by atoms with Crippen LogP contribution in [-0.2, 0) is 20.9 Å². The van der Waals surface area contributed by atoms with E-state index in [1.165, 1.54) is 11.9 Å². The first-order valence-electron chi connectivity index (χ1n) is 10.9. The Morgan fingerprint density at radius 3 is 2.73 bits per heavy atom. The van der Waals surface area contributed by atoms with Gasteiger partial charge < -0.3 is 24.7 Å². The highest BCUT2D eigenvalue weighted by Gasteiger charge is 2.20. The second kappa shape index (κ2) is 11.2. The second-order valence-corrected chi connectivity index (χ2v) is 7.79. The van der Waals surface area contributed by atoms with Gasteiger partial charge in [0.05, 0.1) is 29.0 Å². The molecule has 3 rings (SSSR count). The summed E-state index contributed by atoms with van der Waals surface area (Å²) in [6.45, 7) is 7.95. The van der Waals surface area contributed by atoms with Crippen molar-refractivity contribution in [2.45, 2.75) is 46.7 Å². The molecule has 1 heterocycles. The maximum atomic E-state index is 12.7. The summed E-state index contributed by atoms with van der Waals surface area (Å²) in [5.41, 5.74) is 4.29. The van der Waals surface area contributed by atoms with Crippen LogP contribution in [0.25, 0.3) is 11.0 Å². The third kappa shape index (κ3) is 6.12. The Bertz CT molecular complexity index is 1100. The molecule has 0 saturated carbocycles. The number of nitrogens with one attached hydrogen (secondary N) is 1. The van der Waals surface area contributed by atoms with Gasteiger partial charge in [-0.2, -0.15) is 0 Å². The van der Waals surface area contributed by atoms with Gasteiger partial charge in [0.25, 0.3) is 6.79 Å². The van der Waals surface area contributed by atoms with Crippen molar-refractivity contribution in [3.8, 4) is 0 Å². The summed E-state index contributed by atoms with van der Waals surface area (Å²) in [5, 5.41) is 21.2. The summed E-state index contributed by atoms with van der Waals surface area (Å²) < 4.78 is 6.72. The van der Waals surface area contributed by atoms with E-state index in [4.69, 9.17) is 4.84 Å². The van der Waals surface area contributed by atoms with E-state index in [9.17, 15) is 10.0 Å². The molecular formula is C23H30N6O4. The van der Waals surface area contributed by atoms with E-state index < -0.39 is 12.8 Å². The number of hydrogen-bond donors (Lipinski definition) is 1. The fourth-order valence-electron chi connectivity index (χ4n) is 3.36. The van der Waals surface area contributed by atoms with E-state index in [0.29, 0.717) is 30.2 Å². The minimum Gasteiger partial charge on any atom is -0.569 e. The Kier molecular flexibility index (Phi) is 8.06. The zero-order chi connectivity index (χ0) is 23.8. The predicted octanol–water partition coefficient (Wildman–Crippen LogP) is 4.78. The Morgan fingerprint density at radius 2 is 2.06 bits per heavy atom. The molecule has 0 saturated heterocycles. The van der Waals surface area contributed by atoms with Crippen LogP contribution in [-0.4, -0.2) is 33.8 Å². The molecule has 33 heavy (non-hydrogen) atoms. The molecule has 0 unspecified atom stereocenters. The molecule has 10 heteroatoms. The quantitative estimate of drug-likeness (QED) is 0.111. The van der Waals surface area contributed by atoms with Crippen LogP contribution in [0.3, 0.4) is 0 Å². The molecule has 0 aliphatic rings. The molecule has 10 nitrogen and oxygen atoms in total. The van der Waals surface area contributed by atoms with Crippen LogP contribution in [0.2, 0.25) is 0 Å². The number of carbonyl (C=O) groups excluding carboxylic acids is 1. The van der Waals surface area contributed by atoms with Crippen LogP contribution < -0.4 is 10.3 Å². The molecule has 0 aliphatic heterocycles. The number of rotatable bonds is 11. The maximum absolute atomic E-state index is 12.7. The lowest BCUT2D eigenvalue weighted by Crippen LogP contribution is -2.31. The van der Waals surface area contributed by atoms with Crippen LogP contribution in [0.4, 0.5) is 11.4 Å². The zero-order valence-electron chi connectivity index (χ0n) is 19.4. The topological polar surface area (TPSA) is 107 Å². The molecule has 176 valence electrons. The molecule has 0 fully saturated rings. The number of hydrogen-bond acceptors (Lipinski definition) is 7. The normalized spacial score (nSPS) is 11.6. The fourth-order valence-corrected chi connectivity index (χ4v) is 3.36. The molecule has 0 bridgehead atoms. The Labute approximate surface area is 192 Å². The zero-order valence-corrected chi connectivity index (χ0v) is 19.4. The highest BCUT2D eigenvalue weighted by molar-refractivity contribution is 5.92. The van der Waals surface area contributed by atoms with Crippen LogP contribution >= 0.6 is 0 Å². The van der Waals surface area contributed by atoms with Gasteiger partial charge in [-0.1, -0.05) is 37.3 Å². The molecular weight excluding hydrogens is 424 g/mol. The summed E-state index contributed by atoms with van der Waals surface area (Å²) in [7, 11) is 0. The first-order valence-corrected chi connectivity index (χ1v) is 10.9. The minimum atomic E-state index is -0.519. The van der Waals surface area contributed by atoms with E-state index >= 15 is 0 Å². The molecule has 0 aliphatic carbocycles. The van der Waals surface area contributed by atoms with E-state index in [2.05, 4.69) is 38.7 Å². The van der Waals surface area contributed by atoms with Crippen LogP contribution in [0, 0.1) is 5.21 Å². The lowest BCUT2D eigenvalue weighted by molar-refractivity contribution is -0.572. The van der Waals surface area contributed by atoms with Gasteiger partial charge >= 0.3 is 5.97 Å². The number of nitrogens with zero attached hydrogens (tertiary/aromatic N) is 5. The predicted molar refractivity (Wildman–Crippen MR) is 125 cm³/mol. The molecule has 0 spiro atoms. The molecule has 3 aromatic rings. The first kappa shape index (κ1) is 23.8. The van der Waals surface area contributed by atoms with Gasteiger partial charge in [0.1, 0.15) is 11.2 Å². The summed E-state index contributed by atoms with van der Waals surface area (Å²) in [5.74, 6) is -0.519. The van der Waals surface area contributed by atoms with E-state index in [1.807, 2.05) is 49.4 Å². The molecule has 2 aromatic carbocycles. The van der Waals surface area contributed by atoms with Gasteiger partial charge in [-0.15, -0.1) is 5.01 Å². The van der Waals surface area contributed by atoms with Gasteiger partial charge in [0.2, 0.25) is 5.28 Å². The van der Waals surface area contributed by atoms with Crippen molar-refractivity contribution < 1.29 is 19.3 Å². The van der Waals surface area contributed by atoms with Gasteiger partial charge in [-0.05, 0) is 38.0 Å².